The quantitative estimate of drug-likeness (QED) is 0.868. The van der Waals surface area contributed by atoms with Crippen LogP contribution in [0.3, 0.4) is 0 Å². The Balaban J connectivity index is 1.91. The lowest BCUT2D eigenvalue weighted by Crippen LogP contribution is -2.36. The molecular weight excluding hydrogens is 321 g/mol. The number of methoxy groups -OCH3 is 1. The predicted molar refractivity (Wildman–Crippen MR) is 94.3 cm³/mol. The van der Waals surface area contributed by atoms with Crippen molar-refractivity contribution in [2.75, 3.05) is 38.3 Å². The van der Waals surface area contributed by atoms with Gasteiger partial charge in [-0.25, -0.2) is 4.39 Å². The molecule has 25 heavy (non-hydrogen) atoms. The van der Waals surface area contributed by atoms with Crippen LogP contribution in [-0.2, 0) is 10.3 Å². The van der Waals surface area contributed by atoms with Gasteiger partial charge in [0.15, 0.2) is 17.2 Å². The topological polar surface area (TPSA) is 41.9 Å². The third-order valence-corrected chi connectivity index (χ3v) is 4.44. The zero-order valence-corrected chi connectivity index (χ0v) is 14.0. The fourth-order valence-electron chi connectivity index (χ4n) is 2.96. The average molecular weight is 341 g/mol. The largest absolute Gasteiger partial charge is 0.494 e. The fourth-order valence-corrected chi connectivity index (χ4v) is 2.96. The Morgan fingerprint density at radius 3 is 2.36 bits per heavy atom. The number of morpholine rings is 1. The van der Waals surface area contributed by atoms with Gasteiger partial charge >= 0.3 is 0 Å². The van der Waals surface area contributed by atoms with E-state index in [1.807, 2.05) is 12.1 Å². The van der Waals surface area contributed by atoms with E-state index in [4.69, 9.17) is 15.9 Å². The van der Waals surface area contributed by atoms with Gasteiger partial charge in [-0.2, -0.15) is 0 Å². The molecule has 3 rings (SSSR count). The van der Waals surface area contributed by atoms with Crippen LogP contribution < -0.4 is 9.64 Å². The monoisotopic (exact) mass is 341 g/mol. The summed E-state index contributed by atoms with van der Waals surface area (Å²) in [5.74, 6) is 1.92. The van der Waals surface area contributed by atoms with E-state index in [1.165, 1.54) is 19.2 Å². The van der Waals surface area contributed by atoms with Gasteiger partial charge in [0.2, 0.25) is 0 Å². The first-order valence-electron chi connectivity index (χ1n) is 8.06. The zero-order valence-electron chi connectivity index (χ0n) is 14.0. The van der Waals surface area contributed by atoms with Crippen LogP contribution in [-0.4, -0.2) is 38.5 Å². The number of terminal acetylenes is 1. The first-order valence-corrected chi connectivity index (χ1v) is 8.06. The van der Waals surface area contributed by atoms with Gasteiger partial charge in [0.05, 0.1) is 20.3 Å². The van der Waals surface area contributed by atoms with E-state index in [0.29, 0.717) is 18.8 Å². The highest BCUT2D eigenvalue weighted by molar-refractivity contribution is 5.52. The number of benzene rings is 2. The molecule has 4 nitrogen and oxygen atoms in total. The van der Waals surface area contributed by atoms with Crippen molar-refractivity contribution in [1.82, 2.24) is 0 Å². The maximum atomic E-state index is 14.0. The van der Waals surface area contributed by atoms with Gasteiger partial charge in [-0.3, -0.25) is 0 Å². The Morgan fingerprint density at radius 1 is 1.16 bits per heavy atom. The molecule has 1 aliphatic rings. The second-order valence-corrected chi connectivity index (χ2v) is 5.85. The summed E-state index contributed by atoms with van der Waals surface area (Å²) < 4.78 is 24.3. The van der Waals surface area contributed by atoms with Crippen molar-refractivity contribution in [1.29, 1.82) is 0 Å². The summed E-state index contributed by atoms with van der Waals surface area (Å²) >= 11 is 0. The summed E-state index contributed by atoms with van der Waals surface area (Å²) in [6, 6.07) is 11.6. The lowest BCUT2D eigenvalue weighted by atomic mass is 9.87. The predicted octanol–water partition coefficient (Wildman–Crippen LogP) is 2.54. The second kappa shape index (κ2) is 7.14. The Labute approximate surface area is 146 Å². The normalized spacial score (nSPS) is 16.8. The molecule has 0 aromatic heterocycles. The number of nitrogens with zero attached hydrogens (tertiary/aromatic N) is 1. The molecule has 0 unspecified atom stereocenters. The van der Waals surface area contributed by atoms with E-state index < -0.39 is 11.4 Å². The molecule has 2 aromatic carbocycles. The highest BCUT2D eigenvalue weighted by atomic mass is 19.1. The fraction of sp³-hybridized carbons (Fsp3) is 0.300. The van der Waals surface area contributed by atoms with Crippen LogP contribution in [0.15, 0.2) is 42.5 Å². The van der Waals surface area contributed by atoms with Crippen molar-refractivity contribution in [3.05, 3.63) is 59.4 Å². The number of aliphatic hydroxyl groups is 1. The summed E-state index contributed by atoms with van der Waals surface area (Å²) in [5.41, 5.74) is 0.118. The minimum absolute atomic E-state index is 0.103. The second-order valence-electron chi connectivity index (χ2n) is 5.85. The van der Waals surface area contributed by atoms with Crippen molar-refractivity contribution in [2.45, 2.75) is 5.60 Å². The highest BCUT2D eigenvalue weighted by Crippen LogP contribution is 2.32. The van der Waals surface area contributed by atoms with Crippen molar-refractivity contribution in [3.63, 3.8) is 0 Å². The smallest absolute Gasteiger partial charge is 0.176 e. The molecule has 0 bridgehead atoms. The molecule has 0 spiro atoms. The van der Waals surface area contributed by atoms with Crippen molar-refractivity contribution in [3.8, 4) is 18.1 Å². The number of hydrogen-bond donors (Lipinski definition) is 1. The van der Waals surface area contributed by atoms with E-state index in [9.17, 15) is 9.50 Å². The van der Waals surface area contributed by atoms with E-state index in [1.54, 1.807) is 18.2 Å². The molecule has 130 valence electrons. The molecule has 0 amide bonds. The summed E-state index contributed by atoms with van der Waals surface area (Å²) in [6.07, 6.45) is 5.59. The molecule has 1 heterocycles. The van der Waals surface area contributed by atoms with Crippen LogP contribution in [0.2, 0.25) is 0 Å². The molecule has 1 aliphatic heterocycles. The van der Waals surface area contributed by atoms with E-state index >= 15 is 0 Å². The van der Waals surface area contributed by atoms with Gasteiger partial charge < -0.3 is 19.5 Å². The van der Waals surface area contributed by atoms with Crippen LogP contribution >= 0.6 is 0 Å². The molecule has 1 N–H and O–H groups in total. The maximum Gasteiger partial charge on any atom is 0.176 e. The number of ether oxygens (including phenoxy) is 2. The molecule has 2 aromatic rings. The van der Waals surface area contributed by atoms with Crippen LogP contribution in [0.1, 0.15) is 11.1 Å². The van der Waals surface area contributed by atoms with Gasteiger partial charge in [0, 0.05) is 29.9 Å². The Hall–Kier alpha value is -2.55. The average Bonchev–Trinajstić information content (AvgIpc) is 2.68. The number of halogens is 1. The van der Waals surface area contributed by atoms with Gasteiger partial charge in [-0.15, -0.1) is 6.42 Å². The summed E-state index contributed by atoms with van der Waals surface area (Å²) in [6.45, 7) is 3.03. The van der Waals surface area contributed by atoms with Crippen LogP contribution in [0, 0.1) is 18.2 Å². The molecule has 1 fully saturated rings. The van der Waals surface area contributed by atoms with Crippen LogP contribution in [0.25, 0.3) is 0 Å². The lowest BCUT2D eigenvalue weighted by Gasteiger charge is -2.30. The van der Waals surface area contributed by atoms with E-state index in [0.717, 1.165) is 18.8 Å². The third-order valence-electron chi connectivity index (χ3n) is 4.44. The number of anilines is 1. The standard InChI is InChI=1S/C20H20FNO3/c1-3-20(23,16-6-9-19(24-2)18(21)14-16)15-4-7-17(8-5-15)22-10-12-25-13-11-22/h1,4-9,14,23H,10-13H2,2H3/t20-/m0/s1. The minimum atomic E-state index is -1.71. The first-order chi connectivity index (χ1) is 12.1. The minimum Gasteiger partial charge on any atom is -0.494 e. The lowest BCUT2D eigenvalue weighted by molar-refractivity contribution is 0.122. The van der Waals surface area contributed by atoms with E-state index in [2.05, 4.69) is 10.8 Å². The Morgan fingerprint density at radius 2 is 1.80 bits per heavy atom. The molecule has 0 radical (unpaired) electrons. The molecule has 1 saturated heterocycles. The summed E-state index contributed by atoms with van der Waals surface area (Å²) in [5, 5.41) is 11.0. The SMILES string of the molecule is C#C[C@](O)(c1ccc(N2CCOCC2)cc1)c1ccc(OC)c(F)c1. The van der Waals surface area contributed by atoms with Gasteiger partial charge in [0.1, 0.15) is 0 Å². The van der Waals surface area contributed by atoms with Crippen LogP contribution in [0.5, 0.6) is 5.75 Å². The Kier molecular flexibility index (Phi) is 4.93. The number of hydrogen-bond acceptors (Lipinski definition) is 4. The summed E-state index contributed by atoms with van der Waals surface area (Å²) in [4.78, 5) is 2.20. The molecule has 0 aliphatic carbocycles. The first kappa shape index (κ1) is 17.3. The maximum absolute atomic E-state index is 14.0. The van der Waals surface area contributed by atoms with Crippen molar-refractivity contribution in [2.24, 2.45) is 0 Å². The number of rotatable bonds is 4. The molecular formula is C20H20FNO3. The summed E-state index contributed by atoms with van der Waals surface area (Å²) in [7, 11) is 1.38. The molecule has 0 saturated carbocycles. The van der Waals surface area contributed by atoms with Gasteiger partial charge in [0.25, 0.3) is 0 Å². The van der Waals surface area contributed by atoms with Crippen LogP contribution in [0.4, 0.5) is 10.1 Å². The van der Waals surface area contributed by atoms with Crippen molar-refractivity contribution < 1.29 is 19.0 Å². The molecule has 5 heteroatoms. The Bertz CT molecular complexity index is 779. The molecule has 1 atom stereocenters. The van der Waals surface area contributed by atoms with Crippen molar-refractivity contribution >= 4 is 5.69 Å². The third kappa shape index (κ3) is 3.32. The van der Waals surface area contributed by atoms with E-state index in [-0.39, 0.29) is 11.3 Å². The van der Waals surface area contributed by atoms with Gasteiger partial charge in [-0.1, -0.05) is 24.1 Å². The highest BCUT2D eigenvalue weighted by Gasteiger charge is 2.30. The zero-order chi connectivity index (χ0) is 17.9. The van der Waals surface area contributed by atoms with Gasteiger partial charge in [-0.05, 0) is 24.3 Å².